The van der Waals surface area contributed by atoms with Crippen LogP contribution in [0.25, 0.3) is 0 Å². The second kappa shape index (κ2) is 5.47. The van der Waals surface area contributed by atoms with Crippen LogP contribution in [0.1, 0.15) is 31.2 Å². The number of benzene rings is 1. The van der Waals surface area contributed by atoms with E-state index in [0.717, 1.165) is 6.07 Å². The number of carbonyl (C=O) groups is 1. The van der Waals surface area contributed by atoms with Crippen molar-refractivity contribution < 1.29 is 22.0 Å². The lowest BCUT2D eigenvalue weighted by atomic mass is 10.1. The second-order valence-electron chi connectivity index (χ2n) is 4.88. The molecule has 2 rings (SSSR count). The van der Waals surface area contributed by atoms with Gasteiger partial charge in [-0.25, -0.2) is 17.2 Å². The lowest BCUT2D eigenvalue weighted by Crippen LogP contribution is -2.33. The summed E-state index contributed by atoms with van der Waals surface area (Å²) in [6.07, 6.45) is 0.725. The molecule has 0 spiro atoms. The van der Waals surface area contributed by atoms with E-state index < -0.39 is 39.4 Å². The van der Waals surface area contributed by atoms with E-state index in [1.807, 2.05) is 4.72 Å². The fraction of sp³-hybridized carbons (Fsp3) is 0.462. The quantitative estimate of drug-likeness (QED) is 0.904. The van der Waals surface area contributed by atoms with Crippen LogP contribution in [0.4, 0.5) is 8.78 Å². The Morgan fingerprint density at radius 3 is 2.75 bits per heavy atom. The summed E-state index contributed by atoms with van der Waals surface area (Å²) in [5.41, 5.74) is 0.123. The first kappa shape index (κ1) is 14.9. The SMILES string of the molecule is CCCS(=O)(=O)NC(=O)C1CC1c1cccc(F)c1F. The molecule has 1 aromatic rings. The number of sulfonamides is 1. The number of hydrogen-bond donors (Lipinski definition) is 1. The molecule has 1 amide bonds. The Balaban J connectivity index is 2.05. The van der Waals surface area contributed by atoms with Crippen molar-refractivity contribution in [1.29, 1.82) is 0 Å². The van der Waals surface area contributed by atoms with Crippen LogP contribution in [0.2, 0.25) is 0 Å². The van der Waals surface area contributed by atoms with Crippen molar-refractivity contribution >= 4 is 15.9 Å². The maximum atomic E-state index is 13.6. The van der Waals surface area contributed by atoms with Gasteiger partial charge in [-0.2, -0.15) is 0 Å². The lowest BCUT2D eigenvalue weighted by Gasteiger charge is -2.06. The fourth-order valence-electron chi connectivity index (χ4n) is 2.18. The van der Waals surface area contributed by atoms with Crippen LogP contribution in [0.15, 0.2) is 18.2 Å². The van der Waals surface area contributed by atoms with Gasteiger partial charge in [-0.15, -0.1) is 0 Å². The highest BCUT2D eigenvalue weighted by Crippen LogP contribution is 2.48. The molecule has 110 valence electrons. The Kier molecular flexibility index (Phi) is 4.08. The highest BCUT2D eigenvalue weighted by Gasteiger charge is 2.46. The van der Waals surface area contributed by atoms with E-state index in [9.17, 15) is 22.0 Å². The molecule has 1 saturated carbocycles. The molecule has 0 bridgehead atoms. The monoisotopic (exact) mass is 303 g/mol. The van der Waals surface area contributed by atoms with Crippen molar-refractivity contribution in [3.05, 3.63) is 35.4 Å². The van der Waals surface area contributed by atoms with Crippen molar-refractivity contribution in [2.45, 2.75) is 25.7 Å². The molecular formula is C13H15F2NO3S. The summed E-state index contributed by atoms with van der Waals surface area (Å²) in [5.74, 6) is -3.78. The number of halogens is 2. The summed E-state index contributed by atoms with van der Waals surface area (Å²) in [6.45, 7) is 1.69. The number of amides is 1. The first-order valence-corrected chi connectivity index (χ1v) is 7.99. The number of carbonyl (C=O) groups excluding carboxylic acids is 1. The van der Waals surface area contributed by atoms with Gasteiger partial charge in [-0.1, -0.05) is 19.1 Å². The van der Waals surface area contributed by atoms with Gasteiger partial charge in [0.1, 0.15) is 0 Å². The predicted molar refractivity (Wildman–Crippen MR) is 69.4 cm³/mol. The van der Waals surface area contributed by atoms with E-state index in [4.69, 9.17) is 0 Å². The van der Waals surface area contributed by atoms with Gasteiger partial charge in [-0.3, -0.25) is 9.52 Å². The molecule has 1 aliphatic rings. The molecule has 1 aliphatic carbocycles. The largest absolute Gasteiger partial charge is 0.274 e. The number of rotatable bonds is 5. The van der Waals surface area contributed by atoms with Gasteiger partial charge in [0.2, 0.25) is 15.9 Å². The van der Waals surface area contributed by atoms with E-state index in [1.165, 1.54) is 12.1 Å². The van der Waals surface area contributed by atoms with E-state index in [-0.39, 0.29) is 11.3 Å². The Morgan fingerprint density at radius 1 is 1.40 bits per heavy atom. The minimum atomic E-state index is -3.63. The summed E-state index contributed by atoms with van der Waals surface area (Å²) in [7, 11) is -3.63. The maximum absolute atomic E-state index is 13.6. The summed E-state index contributed by atoms with van der Waals surface area (Å²) >= 11 is 0. The molecule has 0 heterocycles. The van der Waals surface area contributed by atoms with Gasteiger partial charge >= 0.3 is 0 Å². The van der Waals surface area contributed by atoms with Crippen molar-refractivity contribution in [2.24, 2.45) is 5.92 Å². The standard InChI is InChI=1S/C13H15F2NO3S/c1-2-6-20(18,19)16-13(17)10-7-9(10)8-4-3-5-11(14)12(8)15/h3-5,9-10H,2,6-7H2,1H3,(H,16,17). The average molecular weight is 303 g/mol. The lowest BCUT2D eigenvalue weighted by molar-refractivity contribution is -0.120. The van der Waals surface area contributed by atoms with E-state index in [0.29, 0.717) is 12.8 Å². The molecule has 1 aromatic carbocycles. The fourth-order valence-corrected chi connectivity index (χ4v) is 3.28. The van der Waals surface area contributed by atoms with Gasteiger partial charge in [0.15, 0.2) is 11.6 Å². The van der Waals surface area contributed by atoms with Crippen LogP contribution >= 0.6 is 0 Å². The van der Waals surface area contributed by atoms with Crippen LogP contribution in [0.3, 0.4) is 0 Å². The van der Waals surface area contributed by atoms with E-state index >= 15 is 0 Å². The first-order valence-electron chi connectivity index (χ1n) is 6.34. The van der Waals surface area contributed by atoms with E-state index in [1.54, 1.807) is 6.92 Å². The van der Waals surface area contributed by atoms with Crippen molar-refractivity contribution in [2.75, 3.05) is 5.75 Å². The zero-order valence-corrected chi connectivity index (χ0v) is 11.7. The third-order valence-electron chi connectivity index (χ3n) is 3.24. The van der Waals surface area contributed by atoms with Crippen LogP contribution in [-0.4, -0.2) is 20.1 Å². The van der Waals surface area contributed by atoms with E-state index in [2.05, 4.69) is 0 Å². The zero-order chi connectivity index (χ0) is 14.9. The molecule has 0 aliphatic heterocycles. The molecule has 0 radical (unpaired) electrons. The third kappa shape index (κ3) is 3.15. The van der Waals surface area contributed by atoms with Gasteiger partial charge in [0.25, 0.3) is 0 Å². The van der Waals surface area contributed by atoms with Crippen molar-refractivity contribution in [3.63, 3.8) is 0 Å². The molecule has 0 aromatic heterocycles. The van der Waals surface area contributed by atoms with Gasteiger partial charge in [-0.05, 0) is 30.4 Å². The Hall–Kier alpha value is -1.50. The van der Waals surface area contributed by atoms with Crippen LogP contribution < -0.4 is 4.72 Å². The minimum absolute atomic E-state index is 0.123. The zero-order valence-electron chi connectivity index (χ0n) is 10.9. The molecular weight excluding hydrogens is 288 g/mol. The summed E-state index contributed by atoms with van der Waals surface area (Å²) in [6, 6.07) is 3.79. The molecule has 1 N–H and O–H groups in total. The second-order valence-corrected chi connectivity index (χ2v) is 6.72. The Bertz CT molecular complexity index is 631. The average Bonchev–Trinajstić information content (AvgIpc) is 3.12. The summed E-state index contributed by atoms with van der Waals surface area (Å²) in [5, 5.41) is 0. The van der Waals surface area contributed by atoms with Gasteiger partial charge in [0, 0.05) is 5.92 Å². The third-order valence-corrected chi connectivity index (χ3v) is 4.69. The van der Waals surface area contributed by atoms with Crippen molar-refractivity contribution in [3.8, 4) is 0 Å². The Labute approximate surface area is 116 Å². The van der Waals surface area contributed by atoms with Crippen LogP contribution in [0.5, 0.6) is 0 Å². The molecule has 2 atom stereocenters. The molecule has 4 nitrogen and oxygen atoms in total. The topological polar surface area (TPSA) is 63.2 Å². The Morgan fingerprint density at radius 2 is 2.10 bits per heavy atom. The molecule has 7 heteroatoms. The molecule has 2 unspecified atom stereocenters. The predicted octanol–water partition coefficient (Wildman–Crippen LogP) is 1.92. The minimum Gasteiger partial charge on any atom is -0.274 e. The molecule has 1 fully saturated rings. The van der Waals surface area contributed by atoms with Crippen LogP contribution in [0, 0.1) is 17.6 Å². The normalized spacial score (nSPS) is 21.6. The number of nitrogens with one attached hydrogen (secondary N) is 1. The summed E-state index contributed by atoms with van der Waals surface area (Å²) < 4.78 is 51.6. The summed E-state index contributed by atoms with van der Waals surface area (Å²) in [4.78, 5) is 11.8. The highest BCUT2D eigenvalue weighted by atomic mass is 32.2. The number of hydrogen-bond acceptors (Lipinski definition) is 3. The van der Waals surface area contributed by atoms with Crippen molar-refractivity contribution in [1.82, 2.24) is 4.72 Å². The molecule has 20 heavy (non-hydrogen) atoms. The van der Waals surface area contributed by atoms with Crippen LogP contribution in [-0.2, 0) is 14.8 Å². The maximum Gasteiger partial charge on any atom is 0.237 e. The first-order chi connectivity index (χ1) is 9.35. The molecule has 0 saturated heterocycles. The smallest absolute Gasteiger partial charge is 0.237 e. The highest BCUT2D eigenvalue weighted by molar-refractivity contribution is 7.90. The van der Waals surface area contributed by atoms with Gasteiger partial charge in [0.05, 0.1) is 5.75 Å². The van der Waals surface area contributed by atoms with Gasteiger partial charge < -0.3 is 0 Å².